The number of carbonyl (C=O) groups excluding carboxylic acids is 1. The average Bonchev–Trinajstić information content (AvgIpc) is 2.76. The third kappa shape index (κ3) is 5.17. The molecule has 3 aromatic rings. The standard InChI is InChI=1S/C25H23Cl3N2O/c1-17-2-11-23(22(28)14-17)30-13-12-29(16-24(30)19-5-9-21(27)10-6-19)25(31)15-18-3-7-20(26)8-4-18/h2-11,14,24H,12-13,15-16H2,1H3. The van der Waals surface area contributed by atoms with Crippen molar-refractivity contribution in [3.05, 3.63) is 98.5 Å². The lowest BCUT2D eigenvalue weighted by molar-refractivity contribution is -0.131. The van der Waals surface area contributed by atoms with E-state index < -0.39 is 0 Å². The highest BCUT2D eigenvalue weighted by molar-refractivity contribution is 6.33. The Kier molecular flexibility index (Phi) is 6.76. The first-order chi connectivity index (χ1) is 14.9. The fraction of sp³-hybridized carbons (Fsp3) is 0.240. The zero-order valence-corrected chi connectivity index (χ0v) is 19.5. The number of aryl methyl sites for hydroxylation is 1. The molecule has 1 atom stereocenters. The average molecular weight is 474 g/mol. The predicted octanol–water partition coefficient (Wildman–Crippen LogP) is 6.59. The summed E-state index contributed by atoms with van der Waals surface area (Å²) in [5.41, 5.74) is 4.16. The van der Waals surface area contributed by atoms with Gasteiger partial charge in [0.2, 0.25) is 5.91 Å². The van der Waals surface area contributed by atoms with Gasteiger partial charge in [-0.15, -0.1) is 0 Å². The van der Waals surface area contributed by atoms with Gasteiger partial charge in [-0.05, 0) is 60.0 Å². The number of hydrogen-bond acceptors (Lipinski definition) is 2. The second kappa shape index (κ2) is 9.52. The molecule has 1 amide bonds. The third-order valence-corrected chi connectivity index (χ3v) is 6.48. The van der Waals surface area contributed by atoms with Crippen LogP contribution in [0.4, 0.5) is 5.69 Å². The first-order valence-corrected chi connectivity index (χ1v) is 11.3. The summed E-state index contributed by atoms with van der Waals surface area (Å²) in [4.78, 5) is 17.3. The van der Waals surface area contributed by atoms with E-state index in [4.69, 9.17) is 34.8 Å². The first-order valence-electron chi connectivity index (χ1n) is 10.2. The van der Waals surface area contributed by atoms with Crippen LogP contribution < -0.4 is 4.90 Å². The molecule has 0 N–H and O–H groups in total. The van der Waals surface area contributed by atoms with Crippen molar-refractivity contribution in [2.45, 2.75) is 19.4 Å². The lowest BCUT2D eigenvalue weighted by Crippen LogP contribution is -2.51. The minimum atomic E-state index is -0.0135. The molecule has 0 bridgehead atoms. The normalized spacial score (nSPS) is 16.5. The topological polar surface area (TPSA) is 23.6 Å². The molecule has 0 saturated carbocycles. The molecule has 1 heterocycles. The highest BCUT2D eigenvalue weighted by Crippen LogP contribution is 2.36. The lowest BCUT2D eigenvalue weighted by Gasteiger charge is -2.43. The van der Waals surface area contributed by atoms with E-state index in [1.807, 2.05) is 66.4 Å². The molecule has 1 aliphatic rings. The number of halogens is 3. The maximum absolute atomic E-state index is 13.1. The van der Waals surface area contributed by atoms with Crippen LogP contribution in [-0.4, -0.2) is 30.4 Å². The van der Waals surface area contributed by atoms with Crippen molar-refractivity contribution in [2.75, 3.05) is 24.5 Å². The van der Waals surface area contributed by atoms with Crippen molar-refractivity contribution in [3.8, 4) is 0 Å². The van der Waals surface area contributed by atoms with Crippen molar-refractivity contribution in [3.63, 3.8) is 0 Å². The van der Waals surface area contributed by atoms with Crippen LogP contribution in [0.1, 0.15) is 22.7 Å². The van der Waals surface area contributed by atoms with Crippen LogP contribution in [-0.2, 0) is 11.2 Å². The lowest BCUT2D eigenvalue weighted by atomic mass is 10.00. The highest BCUT2D eigenvalue weighted by atomic mass is 35.5. The number of piperazine rings is 1. The van der Waals surface area contributed by atoms with Crippen molar-refractivity contribution < 1.29 is 4.79 Å². The summed E-state index contributed by atoms with van der Waals surface area (Å²) >= 11 is 18.7. The van der Waals surface area contributed by atoms with Gasteiger partial charge < -0.3 is 9.80 Å². The maximum atomic E-state index is 13.1. The molecule has 4 rings (SSSR count). The Morgan fingerprint density at radius 1 is 0.903 bits per heavy atom. The largest absolute Gasteiger partial charge is 0.360 e. The van der Waals surface area contributed by atoms with E-state index in [0.29, 0.717) is 36.1 Å². The van der Waals surface area contributed by atoms with Crippen LogP contribution in [0.25, 0.3) is 0 Å². The molecule has 1 unspecified atom stereocenters. The molecule has 3 aromatic carbocycles. The van der Waals surface area contributed by atoms with Crippen LogP contribution in [0.3, 0.4) is 0 Å². The van der Waals surface area contributed by atoms with Gasteiger partial charge in [0.1, 0.15) is 0 Å². The van der Waals surface area contributed by atoms with Gasteiger partial charge in [-0.1, -0.05) is 65.1 Å². The molecule has 0 radical (unpaired) electrons. The van der Waals surface area contributed by atoms with E-state index in [2.05, 4.69) is 17.0 Å². The molecule has 0 aliphatic carbocycles. The van der Waals surface area contributed by atoms with Gasteiger partial charge in [-0.2, -0.15) is 0 Å². The number of amides is 1. The van der Waals surface area contributed by atoms with Crippen molar-refractivity contribution in [1.82, 2.24) is 4.90 Å². The molecule has 6 heteroatoms. The number of hydrogen-bond donors (Lipinski definition) is 0. The Bertz CT molecular complexity index is 1070. The minimum absolute atomic E-state index is 0.0135. The summed E-state index contributed by atoms with van der Waals surface area (Å²) in [6, 6.07) is 21.4. The molecule has 0 aromatic heterocycles. The Morgan fingerprint density at radius 3 is 2.19 bits per heavy atom. The van der Waals surface area contributed by atoms with Crippen molar-refractivity contribution in [2.24, 2.45) is 0 Å². The monoisotopic (exact) mass is 472 g/mol. The van der Waals surface area contributed by atoms with Gasteiger partial charge in [0, 0.05) is 29.7 Å². The van der Waals surface area contributed by atoms with E-state index in [0.717, 1.165) is 27.4 Å². The SMILES string of the molecule is Cc1ccc(N2CCN(C(=O)Cc3ccc(Cl)cc3)CC2c2ccc(Cl)cc2)c(Cl)c1. The number of rotatable bonds is 4. The molecule has 1 fully saturated rings. The van der Waals surface area contributed by atoms with Gasteiger partial charge in [0.25, 0.3) is 0 Å². The molecule has 160 valence electrons. The number of nitrogens with zero attached hydrogens (tertiary/aromatic N) is 2. The van der Waals surface area contributed by atoms with Crippen LogP contribution in [0.2, 0.25) is 15.1 Å². The molecular weight excluding hydrogens is 451 g/mol. The van der Waals surface area contributed by atoms with E-state index in [9.17, 15) is 4.79 Å². The number of carbonyl (C=O) groups is 1. The van der Waals surface area contributed by atoms with Crippen molar-refractivity contribution >= 4 is 46.4 Å². The summed E-state index contributed by atoms with van der Waals surface area (Å²) in [6.45, 7) is 3.95. The molecule has 31 heavy (non-hydrogen) atoms. The number of anilines is 1. The fourth-order valence-corrected chi connectivity index (χ4v) is 4.60. The van der Waals surface area contributed by atoms with Crippen LogP contribution in [0.5, 0.6) is 0 Å². The van der Waals surface area contributed by atoms with Gasteiger partial charge in [-0.25, -0.2) is 0 Å². The fourth-order valence-electron chi connectivity index (χ4n) is 4.00. The minimum Gasteiger partial charge on any atom is -0.360 e. The molecule has 0 spiro atoms. The third-order valence-electron chi connectivity index (χ3n) is 5.67. The van der Waals surface area contributed by atoms with Crippen LogP contribution >= 0.6 is 34.8 Å². The summed E-state index contributed by atoms with van der Waals surface area (Å²) in [6.07, 6.45) is 0.357. The molecular formula is C25H23Cl3N2O. The second-order valence-electron chi connectivity index (χ2n) is 7.86. The Hall–Kier alpha value is -2.20. The quantitative estimate of drug-likeness (QED) is 0.427. The summed E-state index contributed by atoms with van der Waals surface area (Å²) in [7, 11) is 0. The van der Waals surface area contributed by atoms with Gasteiger partial charge >= 0.3 is 0 Å². The summed E-state index contributed by atoms with van der Waals surface area (Å²) < 4.78 is 0. The van der Waals surface area contributed by atoms with E-state index in [1.54, 1.807) is 0 Å². The molecule has 3 nitrogen and oxygen atoms in total. The van der Waals surface area contributed by atoms with Crippen LogP contribution in [0.15, 0.2) is 66.7 Å². The summed E-state index contributed by atoms with van der Waals surface area (Å²) in [5.74, 6) is 0.107. The Labute approximate surface area is 198 Å². The molecule has 1 saturated heterocycles. The predicted molar refractivity (Wildman–Crippen MR) is 129 cm³/mol. The zero-order chi connectivity index (χ0) is 22.0. The molecule has 1 aliphatic heterocycles. The second-order valence-corrected chi connectivity index (χ2v) is 9.14. The van der Waals surface area contributed by atoms with E-state index in [1.165, 1.54) is 0 Å². The van der Waals surface area contributed by atoms with Gasteiger partial charge in [0.15, 0.2) is 0 Å². The van der Waals surface area contributed by atoms with Crippen molar-refractivity contribution in [1.29, 1.82) is 0 Å². The maximum Gasteiger partial charge on any atom is 0.227 e. The first kappa shape index (κ1) is 22.0. The Balaban J connectivity index is 1.59. The Morgan fingerprint density at radius 2 is 1.55 bits per heavy atom. The summed E-state index contributed by atoms with van der Waals surface area (Å²) in [5, 5.41) is 2.08. The highest BCUT2D eigenvalue weighted by Gasteiger charge is 2.31. The number of benzene rings is 3. The van der Waals surface area contributed by atoms with Crippen LogP contribution in [0, 0.1) is 6.92 Å². The van der Waals surface area contributed by atoms with Gasteiger partial charge in [0.05, 0.1) is 23.2 Å². The smallest absolute Gasteiger partial charge is 0.227 e. The van der Waals surface area contributed by atoms with E-state index >= 15 is 0 Å². The van der Waals surface area contributed by atoms with Gasteiger partial charge in [-0.3, -0.25) is 4.79 Å². The zero-order valence-electron chi connectivity index (χ0n) is 17.2. The van der Waals surface area contributed by atoms with E-state index in [-0.39, 0.29) is 11.9 Å².